The fourth-order valence-corrected chi connectivity index (χ4v) is 3.86. The Morgan fingerprint density at radius 1 is 1.31 bits per heavy atom. The van der Waals surface area contributed by atoms with Crippen LogP contribution in [0.5, 0.6) is 5.75 Å². The molecule has 0 saturated carbocycles. The number of hydrogen-bond donors (Lipinski definition) is 3. The number of nitrogens with zero attached hydrogens (tertiary/aromatic N) is 5. The number of hydrazone groups is 1. The van der Waals surface area contributed by atoms with Gasteiger partial charge in [-0.2, -0.15) is 9.78 Å². The molecule has 10 nitrogen and oxygen atoms in total. The van der Waals surface area contributed by atoms with Crippen molar-refractivity contribution in [1.29, 1.82) is 0 Å². The third-order valence-corrected chi connectivity index (χ3v) is 5.72. The largest absolute Gasteiger partial charge is 0.497 e. The molecule has 2 aromatic carbocycles. The van der Waals surface area contributed by atoms with Crippen molar-refractivity contribution < 1.29 is 13.9 Å². The predicted octanol–water partition coefficient (Wildman–Crippen LogP) is 1.47. The zero-order chi connectivity index (χ0) is 22.3. The summed E-state index contributed by atoms with van der Waals surface area (Å²) in [5, 5.41) is 16.2. The van der Waals surface area contributed by atoms with Crippen molar-refractivity contribution >= 4 is 23.9 Å². The van der Waals surface area contributed by atoms with E-state index < -0.39 is 0 Å². The summed E-state index contributed by atoms with van der Waals surface area (Å²) < 4.78 is 19.9. The summed E-state index contributed by atoms with van der Waals surface area (Å²) >= 11 is 1.20. The van der Waals surface area contributed by atoms with Gasteiger partial charge in [-0.05, 0) is 52.4 Å². The number of benzene rings is 2. The molecular formula is C20H21FN8O2S. The van der Waals surface area contributed by atoms with Crippen LogP contribution >= 0.6 is 11.8 Å². The standard InChI is InChI=1S/C20H21FN8O2S/c1-31-17-8-6-16(7-9-17)29-20(26-27-28-29)32-12-18(30)24-22-10-14-11-23-25-19(14)13-2-4-15(21)5-3-13/h2-10,14,19,23,25H,11-12H2,1H3,(H,24,30)/b22-10+. The van der Waals surface area contributed by atoms with Crippen molar-refractivity contribution in [3.63, 3.8) is 0 Å². The summed E-state index contributed by atoms with van der Waals surface area (Å²) in [6.45, 7) is 0.632. The number of rotatable bonds is 8. The van der Waals surface area contributed by atoms with Gasteiger partial charge in [0.25, 0.3) is 5.91 Å². The van der Waals surface area contributed by atoms with Gasteiger partial charge in [0.15, 0.2) is 0 Å². The molecular weight excluding hydrogens is 435 g/mol. The Hall–Kier alpha value is -3.35. The number of carbonyl (C=O) groups is 1. The van der Waals surface area contributed by atoms with Gasteiger partial charge in [-0.15, -0.1) is 5.10 Å². The number of methoxy groups -OCH3 is 1. The second kappa shape index (κ2) is 10.3. The lowest BCUT2D eigenvalue weighted by Crippen LogP contribution is -2.25. The fraction of sp³-hybridized carbons (Fsp3) is 0.250. The van der Waals surface area contributed by atoms with Crippen molar-refractivity contribution in [2.24, 2.45) is 11.0 Å². The van der Waals surface area contributed by atoms with E-state index in [-0.39, 0.29) is 29.4 Å². The summed E-state index contributed by atoms with van der Waals surface area (Å²) in [6, 6.07) is 13.5. The van der Waals surface area contributed by atoms with Gasteiger partial charge in [0.1, 0.15) is 11.6 Å². The van der Waals surface area contributed by atoms with E-state index >= 15 is 0 Å². The van der Waals surface area contributed by atoms with Gasteiger partial charge >= 0.3 is 0 Å². The van der Waals surface area contributed by atoms with Crippen molar-refractivity contribution in [3.05, 3.63) is 59.9 Å². The van der Waals surface area contributed by atoms with Gasteiger partial charge < -0.3 is 4.74 Å². The van der Waals surface area contributed by atoms with E-state index in [1.807, 2.05) is 12.1 Å². The van der Waals surface area contributed by atoms with Gasteiger partial charge in [0.05, 0.1) is 24.6 Å². The van der Waals surface area contributed by atoms with E-state index in [1.165, 1.54) is 23.9 Å². The summed E-state index contributed by atoms with van der Waals surface area (Å²) in [5.74, 6) is 0.245. The quantitative estimate of drug-likeness (QED) is 0.265. The summed E-state index contributed by atoms with van der Waals surface area (Å²) in [4.78, 5) is 12.2. The topological polar surface area (TPSA) is 118 Å². The number of hydrogen-bond acceptors (Lipinski definition) is 9. The maximum atomic E-state index is 13.2. The van der Waals surface area contributed by atoms with Crippen LogP contribution < -0.4 is 21.0 Å². The molecule has 4 rings (SSSR count). The average molecular weight is 457 g/mol. The first-order valence-corrected chi connectivity index (χ1v) is 10.7. The number of amides is 1. The normalized spacial score (nSPS) is 18.2. The molecule has 1 aliphatic rings. The number of carbonyl (C=O) groups excluding carboxylic acids is 1. The Morgan fingerprint density at radius 2 is 2.09 bits per heavy atom. The Labute approximate surface area is 187 Å². The molecule has 1 saturated heterocycles. The molecule has 1 fully saturated rings. The maximum Gasteiger partial charge on any atom is 0.250 e. The SMILES string of the molecule is COc1ccc(-n2nnnc2SCC(=O)N/N=C/C2CNNC2c2ccc(F)cc2)cc1. The Morgan fingerprint density at radius 3 is 2.84 bits per heavy atom. The van der Waals surface area contributed by atoms with Crippen LogP contribution in [0.25, 0.3) is 5.69 Å². The number of halogens is 1. The van der Waals surface area contributed by atoms with Crippen LogP contribution in [0.3, 0.4) is 0 Å². The number of aromatic nitrogens is 4. The molecule has 2 atom stereocenters. The molecule has 1 aliphatic heterocycles. The van der Waals surface area contributed by atoms with Crippen molar-refractivity contribution in [2.75, 3.05) is 19.4 Å². The summed E-state index contributed by atoms with van der Waals surface area (Å²) in [7, 11) is 1.59. The number of ether oxygens (including phenoxy) is 1. The minimum absolute atomic E-state index is 0.00390. The molecule has 12 heteroatoms. The molecule has 166 valence electrons. The van der Waals surface area contributed by atoms with Gasteiger partial charge in [-0.1, -0.05) is 23.9 Å². The van der Waals surface area contributed by atoms with Crippen LogP contribution in [0.2, 0.25) is 0 Å². The van der Waals surface area contributed by atoms with Crippen LogP contribution in [0.15, 0.2) is 58.8 Å². The highest BCUT2D eigenvalue weighted by molar-refractivity contribution is 7.99. The molecule has 2 unspecified atom stereocenters. The molecule has 0 radical (unpaired) electrons. The van der Waals surface area contributed by atoms with E-state index in [1.54, 1.807) is 42.3 Å². The summed E-state index contributed by atoms with van der Waals surface area (Å²) in [6.07, 6.45) is 1.67. The Balaban J connectivity index is 1.30. The fourth-order valence-electron chi connectivity index (χ4n) is 3.17. The van der Waals surface area contributed by atoms with Crippen LogP contribution in [0.4, 0.5) is 4.39 Å². The first-order valence-electron chi connectivity index (χ1n) is 9.75. The van der Waals surface area contributed by atoms with E-state index in [9.17, 15) is 9.18 Å². The second-order valence-corrected chi connectivity index (χ2v) is 7.83. The van der Waals surface area contributed by atoms with Crippen LogP contribution in [-0.4, -0.2) is 51.7 Å². The molecule has 3 N–H and O–H groups in total. The number of hydrazine groups is 1. The average Bonchev–Trinajstić information content (AvgIpc) is 3.48. The molecule has 0 aliphatic carbocycles. The minimum Gasteiger partial charge on any atom is -0.497 e. The Kier molecular flexibility index (Phi) is 7.04. The molecule has 2 heterocycles. The third-order valence-electron chi connectivity index (χ3n) is 4.80. The van der Waals surface area contributed by atoms with Crippen molar-refractivity contribution in [2.45, 2.75) is 11.2 Å². The van der Waals surface area contributed by atoms with Gasteiger partial charge in [0, 0.05) is 18.7 Å². The van der Waals surface area contributed by atoms with E-state index in [0.717, 1.165) is 17.0 Å². The highest BCUT2D eigenvalue weighted by Gasteiger charge is 2.26. The maximum absolute atomic E-state index is 13.2. The monoisotopic (exact) mass is 456 g/mol. The highest BCUT2D eigenvalue weighted by atomic mass is 32.2. The Bertz CT molecular complexity index is 1070. The summed E-state index contributed by atoms with van der Waals surface area (Å²) in [5.41, 5.74) is 10.4. The molecule has 32 heavy (non-hydrogen) atoms. The first-order chi connectivity index (χ1) is 15.6. The van der Waals surface area contributed by atoms with Crippen LogP contribution in [0.1, 0.15) is 11.6 Å². The third kappa shape index (κ3) is 5.28. The number of thioether (sulfide) groups is 1. The lowest BCUT2D eigenvalue weighted by molar-refractivity contribution is -0.118. The molecule has 1 amide bonds. The minimum atomic E-state index is -0.285. The first kappa shape index (κ1) is 21.9. The zero-order valence-electron chi connectivity index (χ0n) is 17.1. The highest BCUT2D eigenvalue weighted by Crippen LogP contribution is 2.24. The van der Waals surface area contributed by atoms with Crippen molar-refractivity contribution in [3.8, 4) is 11.4 Å². The molecule has 1 aromatic heterocycles. The molecule has 3 aromatic rings. The lowest BCUT2D eigenvalue weighted by atomic mass is 9.96. The van der Waals surface area contributed by atoms with E-state index in [0.29, 0.717) is 11.7 Å². The van der Waals surface area contributed by atoms with E-state index in [4.69, 9.17) is 4.74 Å². The van der Waals surface area contributed by atoms with Gasteiger partial charge in [-0.25, -0.2) is 15.2 Å². The van der Waals surface area contributed by atoms with Gasteiger partial charge in [0.2, 0.25) is 5.16 Å². The van der Waals surface area contributed by atoms with Gasteiger partial charge in [-0.3, -0.25) is 10.2 Å². The number of nitrogens with one attached hydrogen (secondary N) is 3. The smallest absolute Gasteiger partial charge is 0.250 e. The number of tetrazole rings is 1. The predicted molar refractivity (Wildman–Crippen MR) is 117 cm³/mol. The zero-order valence-corrected chi connectivity index (χ0v) is 17.9. The van der Waals surface area contributed by atoms with Crippen LogP contribution in [-0.2, 0) is 4.79 Å². The van der Waals surface area contributed by atoms with E-state index in [2.05, 4.69) is 36.9 Å². The lowest BCUT2D eigenvalue weighted by Gasteiger charge is -2.15. The van der Waals surface area contributed by atoms with Crippen molar-refractivity contribution in [1.82, 2.24) is 36.5 Å². The molecule has 0 bridgehead atoms. The van der Waals surface area contributed by atoms with Crippen LogP contribution in [0, 0.1) is 11.7 Å². The second-order valence-electron chi connectivity index (χ2n) is 6.89. The molecule has 0 spiro atoms.